The summed E-state index contributed by atoms with van der Waals surface area (Å²) in [7, 11) is 0. The van der Waals surface area contributed by atoms with Gasteiger partial charge in [0.1, 0.15) is 3.74 Å². The minimum atomic E-state index is 0.192. The molecular weight excluding hydrogens is 236 g/mol. The van der Waals surface area contributed by atoms with Crippen LogP contribution < -0.4 is 0 Å². The fraction of sp³-hybridized carbons (Fsp3) is 0.250. The predicted octanol–water partition coefficient (Wildman–Crippen LogP) is 2.20. The molecule has 4 heteroatoms. The summed E-state index contributed by atoms with van der Waals surface area (Å²) in [6, 6.07) is 0. The molecular formula is C4H4Br2N2. The molecule has 0 unspecified atom stereocenters. The van der Waals surface area contributed by atoms with E-state index < -0.39 is 0 Å². The van der Waals surface area contributed by atoms with Crippen LogP contribution in [0.1, 0.15) is 9.43 Å². The van der Waals surface area contributed by atoms with Crippen LogP contribution in [0.4, 0.5) is 0 Å². The zero-order valence-corrected chi connectivity index (χ0v) is 7.11. The summed E-state index contributed by atoms with van der Waals surface area (Å²) in [4.78, 5) is 6.76. The Kier molecular flexibility index (Phi) is 2.08. The lowest BCUT2D eigenvalue weighted by atomic mass is 10.6. The van der Waals surface area contributed by atoms with E-state index in [2.05, 4.69) is 41.8 Å². The smallest absolute Gasteiger partial charge is 0.111 e. The van der Waals surface area contributed by atoms with Gasteiger partial charge in [0.25, 0.3) is 0 Å². The molecule has 0 bridgehead atoms. The average Bonchev–Trinajstić information content (AvgIpc) is 2.12. The molecule has 0 aliphatic rings. The standard InChI is InChI=1S/C4H4Br2N2/c5-4(6)3-1-7-2-8-3/h1-2,4H,(H,7,8). The maximum Gasteiger partial charge on any atom is 0.111 e. The molecule has 0 radical (unpaired) electrons. The van der Waals surface area contributed by atoms with Crippen molar-refractivity contribution >= 4 is 31.9 Å². The van der Waals surface area contributed by atoms with Crippen molar-refractivity contribution in [1.82, 2.24) is 9.97 Å². The lowest BCUT2D eigenvalue weighted by Gasteiger charge is -1.91. The normalized spacial score (nSPS) is 10.4. The minimum Gasteiger partial charge on any atom is -0.347 e. The van der Waals surface area contributed by atoms with E-state index in [1.165, 1.54) is 0 Å². The maximum atomic E-state index is 3.83. The van der Waals surface area contributed by atoms with E-state index in [1.54, 1.807) is 12.5 Å². The van der Waals surface area contributed by atoms with E-state index in [1.807, 2.05) is 0 Å². The van der Waals surface area contributed by atoms with E-state index in [0.29, 0.717) is 0 Å². The van der Waals surface area contributed by atoms with Gasteiger partial charge in [-0.05, 0) is 0 Å². The summed E-state index contributed by atoms with van der Waals surface area (Å²) < 4.78 is 0.192. The molecule has 0 amide bonds. The number of rotatable bonds is 1. The lowest BCUT2D eigenvalue weighted by Crippen LogP contribution is -1.75. The number of imidazole rings is 1. The van der Waals surface area contributed by atoms with Crippen molar-refractivity contribution in [2.24, 2.45) is 0 Å². The van der Waals surface area contributed by atoms with E-state index in [-0.39, 0.29) is 3.74 Å². The van der Waals surface area contributed by atoms with Crippen molar-refractivity contribution in [2.75, 3.05) is 0 Å². The molecule has 0 aliphatic carbocycles. The third kappa shape index (κ3) is 1.32. The first-order valence-electron chi connectivity index (χ1n) is 2.07. The van der Waals surface area contributed by atoms with Crippen LogP contribution in [-0.2, 0) is 0 Å². The summed E-state index contributed by atoms with van der Waals surface area (Å²) in [6.07, 6.45) is 3.40. The number of alkyl halides is 2. The van der Waals surface area contributed by atoms with Gasteiger partial charge in [0.2, 0.25) is 0 Å². The van der Waals surface area contributed by atoms with Crippen molar-refractivity contribution in [3.05, 3.63) is 18.2 Å². The molecule has 2 nitrogen and oxygen atoms in total. The first-order chi connectivity index (χ1) is 3.80. The van der Waals surface area contributed by atoms with Crippen molar-refractivity contribution in [3.8, 4) is 0 Å². The first-order valence-corrected chi connectivity index (χ1v) is 3.90. The summed E-state index contributed by atoms with van der Waals surface area (Å²) in [6.45, 7) is 0. The van der Waals surface area contributed by atoms with E-state index >= 15 is 0 Å². The summed E-state index contributed by atoms with van der Waals surface area (Å²) in [5.74, 6) is 0. The highest BCUT2D eigenvalue weighted by molar-refractivity contribution is 9.24. The van der Waals surface area contributed by atoms with Gasteiger partial charge in [-0.15, -0.1) is 0 Å². The Morgan fingerprint density at radius 1 is 1.62 bits per heavy atom. The third-order valence-electron chi connectivity index (χ3n) is 0.754. The fourth-order valence-electron chi connectivity index (χ4n) is 0.386. The molecule has 44 valence electrons. The van der Waals surface area contributed by atoms with Crippen molar-refractivity contribution in [1.29, 1.82) is 0 Å². The number of nitrogens with zero attached hydrogens (tertiary/aromatic N) is 1. The molecule has 1 heterocycles. The van der Waals surface area contributed by atoms with Gasteiger partial charge in [0, 0.05) is 6.20 Å². The Balaban J connectivity index is 2.77. The number of halogens is 2. The number of H-pyrrole nitrogens is 1. The monoisotopic (exact) mass is 238 g/mol. The number of aromatic amines is 1. The summed E-state index contributed by atoms with van der Waals surface area (Å²) in [5.41, 5.74) is 1.03. The third-order valence-corrected chi connectivity index (χ3v) is 1.74. The second-order valence-corrected chi connectivity index (χ2v) is 4.37. The van der Waals surface area contributed by atoms with Crippen LogP contribution >= 0.6 is 31.9 Å². The van der Waals surface area contributed by atoms with Crippen LogP contribution in [0.25, 0.3) is 0 Å². The SMILES string of the molecule is BrC(Br)c1cnc[nH]1. The van der Waals surface area contributed by atoms with Gasteiger partial charge in [-0.2, -0.15) is 0 Å². The van der Waals surface area contributed by atoms with Gasteiger partial charge in [-0.3, -0.25) is 0 Å². The molecule has 1 aromatic rings. The highest BCUT2D eigenvalue weighted by Gasteiger charge is 2.00. The molecule has 0 fully saturated rings. The Labute approximate surface area is 64.0 Å². The topological polar surface area (TPSA) is 28.7 Å². The predicted molar refractivity (Wildman–Crippen MR) is 39.2 cm³/mol. The summed E-state index contributed by atoms with van der Waals surface area (Å²) >= 11 is 6.61. The Morgan fingerprint density at radius 2 is 2.38 bits per heavy atom. The second-order valence-electron chi connectivity index (χ2n) is 1.31. The van der Waals surface area contributed by atoms with Gasteiger partial charge < -0.3 is 4.98 Å². The van der Waals surface area contributed by atoms with Crippen LogP contribution in [0.3, 0.4) is 0 Å². The zero-order chi connectivity index (χ0) is 5.98. The largest absolute Gasteiger partial charge is 0.347 e. The molecule has 0 atom stereocenters. The minimum absolute atomic E-state index is 0.192. The Bertz CT molecular complexity index is 147. The first kappa shape index (κ1) is 6.29. The molecule has 1 aromatic heterocycles. The lowest BCUT2D eigenvalue weighted by molar-refractivity contribution is 1.23. The second kappa shape index (κ2) is 2.64. The van der Waals surface area contributed by atoms with Gasteiger partial charge in [0.05, 0.1) is 12.0 Å². The van der Waals surface area contributed by atoms with E-state index in [9.17, 15) is 0 Å². The molecule has 0 saturated heterocycles. The van der Waals surface area contributed by atoms with Crippen LogP contribution in [0.15, 0.2) is 12.5 Å². The Hall–Kier alpha value is 0.170. The fourth-order valence-corrected chi connectivity index (χ4v) is 0.887. The van der Waals surface area contributed by atoms with Gasteiger partial charge in [-0.1, -0.05) is 31.9 Å². The van der Waals surface area contributed by atoms with Crippen LogP contribution in [0, 0.1) is 0 Å². The highest BCUT2D eigenvalue weighted by Crippen LogP contribution is 2.26. The molecule has 0 aliphatic heterocycles. The molecule has 0 aromatic carbocycles. The summed E-state index contributed by atoms with van der Waals surface area (Å²) in [5, 5.41) is 0. The molecule has 0 spiro atoms. The number of hydrogen-bond acceptors (Lipinski definition) is 1. The number of aromatic nitrogens is 2. The van der Waals surface area contributed by atoms with Crippen molar-refractivity contribution in [3.63, 3.8) is 0 Å². The highest BCUT2D eigenvalue weighted by atomic mass is 79.9. The molecule has 0 saturated carbocycles. The van der Waals surface area contributed by atoms with Gasteiger partial charge in [-0.25, -0.2) is 4.98 Å². The number of hydrogen-bond donors (Lipinski definition) is 1. The van der Waals surface area contributed by atoms with Crippen LogP contribution in [0.2, 0.25) is 0 Å². The Morgan fingerprint density at radius 3 is 2.62 bits per heavy atom. The molecule has 1 rings (SSSR count). The van der Waals surface area contributed by atoms with Crippen LogP contribution in [0.5, 0.6) is 0 Å². The number of nitrogens with one attached hydrogen (secondary N) is 1. The van der Waals surface area contributed by atoms with E-state index in [0.717, 1.165) is 5.69 Å². The molecule has 8 heavy (non-hydrogen) atoms. The maximum absolute atomic E-state index is 3.83. The van der Waals surface area contributed by atoms with Crippen molar-refractivity contribution < 1.29 is 0 Å². The van der Waals surface area contributed by atoms with Gasteiger partial charge in [0.15, 0.2) is 0 Å². The average molecular weight is 240 g/mol. The quantitative estimate of drug-likeness (QED) is 0.748. The zero-order valence-electron chi connectivity index (χ0n) is 3.94. The van der Waals surface area contributed by atoms with E-state index in [4.69, 9.17) is 0 Å². The van der Waals surface area contributed by atoms with Crippen molar-refractivity contribution in [2.45, 2.75) is 3.74 Å². The van der Waals surface area contributed by atoms with Crippen LogP contribution in [-0.4, -0.2) is 9.97 Å². The molecule has 1 N–H and O–H groups in total. The van der Waals surface area contributed by atoms with Gasteiger partial charge >= 0.3 is 0 Å².